The van der Waals surface area contributed by atoms with Crippen molar-refractivity contribution in [2.24, 2.45) is 4.99 Å². The smallest absolute Gasteiger partial charge is 0.244 e. The Morgan fingerprint density at radius 1 is 1.00 bits per heavy atom. The quantitative estimate of drug-likeness (QED) is 0.688. The first-order chi connectivity index (χ1) is 15.7. The molecule has 0 aliphatic carbocycles. The van der Waals surface area contributed by atoms with E-state index in [9.17, 15) is 9.59 Å². The molecule has 0 spiro atoms. The molecule has 32 heavy (non-hydrogen) atoms. The number of anilines is 2. The fourth-order valence-electron chi connectivity index (χ4n) is 3.65. The van der Waals surface area contributed by atoms with Crippen LogP contribution >= 0.6 is 0 Å². The number of carbonyl (C=O) groups excluding carboxylic acids is 2. The monoisotopic (exact) mass is 428 g/mol. The van der Waals surface area contributed by atoms with Gasteiger partial charge in [-0.1, -0.05) is 30.3 Å². The van der Waals surface area contributed by atoms with Crippen LogP contribution in [0.5, 0.6) is 11.5 Å². The first-order valence-corrected chi connectivity index (χ1v) is 10.3. The highest BCUT2D eigenvalue weighted by atomic mass is 16.6. The van der Waals surface area contributed by atoms with Crippen LogP contribution < -0.4 is 19.7 Å². The molecule has 1 N–H and O–H groups in total. The van der Waals surface area contributed by atoms with E-state index in [0.29, 0.717) is 47.6 Å². The van der Waals surface area contributed by atoms with E-state index in [0.717, 1.165) is 5.56 Å². The first-order valence-electron chi connectivity index (χ1n) is 10.3. The molecule has 0 radical (unpaired) electrons. The molecule has 2 aromatic carbocycles. The number of aromatic nitrogens is 1. The molecule has 2 amide bonds. The van der Waals surface area contributed by atoms with Crippen LogP contribution in [0.3, 0.4) is 0 Å². The van der Waals surface area contributed by atoms with Crippen LogP contribution in [0.4, 0.5) is 17.2 Å². The van der Waals surface area contributed by atoms with E-state index in [1.165, 1.54) is 4.90 Å². The third-order valence-corrected chi connectivity index (χ3v) is 5.13. The van der Waals surface area contributed by atoms with Crippen LogP contribution in [0.15, 0.2) is 71.9 Å². The largest absolute Gasteiger partial charge is 0.486 e. The molecule has 0 bridgehead atoms. The Labute approximate surface area is 184 Å². The third-order valence-electron chi connectivity index (χ3n) is 5.13. The molecule has 5 rings (SSSR count). The third kappa shape index (κ3) is 4.02. The number of hydrogen-bond acceptors (Lipinski definition) is 6. The lowest BCUT2D eigenvalue weighted by molar-refractivity contribution is -0.120. The topological polar surface area (TPSA) is 93.1 Å². The predicted molar refractivity (Wildman–Crippen MR) is 120 cm³/mol. The van der Waals surface area contributed by atoms with E-state index in [1.54, 1.807) is 36.5 Å². The molecule has 1 aromatic heterocycles. The Balaban J connectivity index is 1.37. The molecule has 2 aliphatic heterocycles. The summed E-state index contributed by atoms with van der Waals surface area (Å²) < 4.78 is 11.1. The zero-order valence-corrected chi connectivity index (χ0v) is 17.2. The Kier molecular flexibility index (Phi) is 5.25. The van der Waals surface area contributed by atoms with E-state index in [1.807, 2.05) is 30.3 Å². The van der Waals surface area contributed by atoms with Crippen molar-refractivity contribution in [3.05, 3.63) is 72.4 Å². The molecule has 8 heteroatoms. The number of amides is 2. The molecule has 3 heterocycles. The molecule has 8 nitrogen and oxygen atoms in total. The molecule has 3 aromatic rings. The van der Waals surface area contributed by atoms with Gasteiger partial charge in [-0.25, -0.2) is 9.98 Å². The van der Waals surface area contributed by atoms with Crippen LogP contribution in [-0.2, 0) is 9.59 Å². The molecular weight excluding hydrogens is 408 g/mol. The minimum absolute atomic E-state index is 0.0671. The van der Waals surface area contributed by atoms with Gasteiger partial charge in [0, 0.05) is 18.0 Å². The highest BCUT2D eigenvalue weighted by molar-refractivity contribution is 6.18. The summed E-state index contributed by atoms with van der Waals surface area (Å²) in [7, 11) is 0. The molecule has 0 saturated heterocycles. The van der Waals surface area contributed by atoms with E-state index in [-0.39, 0.29) is 24.8 Å². The second-order valence-corrected chi connectivity index (χ2v) is 7.33. The van der Waals surface area contributed by atoms with Gasteiger partial charge in [-0.15, -0.1) is 0 Å². The van der Waals surface area contributed by atoms with Crippen molar-refractivity contribution in [1.82, 2.24) is 4.98 Å². The number of carbonyl (C=O) groups is 2. The number of nitrogens with one attached hydrogen (secondary N) is 1. The maximum Gasteiger partial charge on any atom is 0.244 e. The molecule has 0 atom stereocenters. The number of fused-ring (bicyclic) bond motifs is 2. The average Bonchev–Trinajstić information content (AvgIpc) is 2.96. The summed E-state index contributed by atoms with van der Waals surface area (Å²) in [6.07, 6.45) is 1.65. The van der Waals surface area contributed by atoms with Crippen molar-refractivity contribution in [3.8, 4) is 11.5 Å². The van der Waals surface area contributed by atoms with Crippen LogP contribution in [-0.4, -0.2) is 42.3 Å². The first kappa shape index (κ1) is 19.7. The van der Waals surface area contributed by atoms with Gasteiger partial charge in [-0.3, -0.25) is 14.5 Å². The molecule has 0 fully saturated rings. The van der Waals surface area contributed by atoms with Crippen LogP contribution in [0.1, 0.15) is 12.0 Å². The highest BCUT2D eigenvalue weighted by Crippen LogP contribution is 2.33. The summed E-state index contributed by atoms with van der Waals surface area (Å²) in [4.78, 5) is 36.3. The zero-order valence-electron chi connectivity index (χ0n) is 17.2. The molecule has 0 saturated carbocycles. The van der Waals surface area contributed by atoms with Gasteiger partial charge in [-0.2, -0.15) is 0 Å². The summed E-state index contributed by atoms with van der Waals surface area (Å²) in [5.74, 6) is 0.978. The Morgan fingerprint density at radius 3 is 2.66 bits per heavy atom. The Morgan fingerprint density at radius 2 is 1.81 bits per heavy atom. The number of aliphatic imine (C=N–C) groups is 1. The number of nitrogens with zero attached hydrogens (tertiary/aromatic N) is 3. The predicted octanol–water partition coefficient (Wildman–Crippen LogP) is 3.35. The summed E-state index contributed by atoms with van der Waals surface area (Å²) >= 11 is 0. The SMILES string of the molecule is O=C(CN1C(=O)CC(c2ccccc2)=Nc2cccnc21)Nc1ccc2c(c1)OCCO2. The number of ether oxygens (including phenoxy) is 2. The molecule has 2 aliphatic rings. The van der Waals surface area contributed by atoms with Gasteiger partial charge in [0.05, 0.1) is 12.1 Å². The molecular formula is C24H20N4O4. The maximum atomic E-state index is 13.1. The fraction of sp³-hybridized carbons (Fsp3) is 0.167. The van der Waals surface area contributed by atoms with Gasteiger partial charge >= 0.3 is 0 Å². The molecule has 0 unspecified atom stereocenters. The second kappa shape index (κ2) is 8.50. The lowest BCUT2D eigenvalue weighted by Crippen LogP contribution is -2.39. The summed E-state index contributed by atoms with van der Waals surface area (Å²) in [6.45, 7) is 0.767. The number of rotatable bonds is 4. The Bertz CT molecular complexity index is 1210. The van der Waals surface area contributed by atoms with Crippen molar-refractivity contribution >= 4 is 34.7 Å². The van der Waals surface area contributed by atoms with Gasteiger partial charge in [0.25, 0.3) is 0 Å². The normalized spacial score (nSPS) is 14.8. The highest BCUT2D eigenvalue weighted by Gasteiger charge is 2.28. The van der Waals surface area contributed by atoms with Crippen LogP contribution in [0.2, 0.25) is 0 Å². The van der Waals surface area contributed by atoms with Gasteiger partial charge in [-0.05, 0) is 29.8 Å². The zero-order chi connectivity index (χ0) is 21.9. The minimum Gasteiger partial charge on any atom is -0.486 e. The van der Waals surface area contributed by atoms with Gasteiger partial charge in [0.15, 0.2) is 17.3 Å². The average molecular weight is 428 g/mol. The fourth-order valence-corrected chi connectivity index (χ4v) is 3.65. The van der Waals surface area contributed by atoms with Crippen molar-refractivity contribution in [2.45, 2.75) is 6.42 Å². The maximum absolute atomic E-state index is 13.1. The Hall–Kier alpha value is -4.20. The standard InChI is InChI=1S/C24H20N4O4/c29-22(26-17-8-9-20-21(13-17)32-12-11-31-20)15-28-23(30)14-19(16-5-2-1-3-6-16)27-18-7-4-10-25-24(18)28/h1-10,13H,11-12,14-15H2,(H,26,29). The summed E-state index contributed by atoms with van der Waals surface area (Å²) in [5, 5.41) is 2.82. The van der Waals surface area contributed by atoms with Crippen molar-refractivity contribution in [3.63, 3.8) is 0 Å². The summed E-state index contributed by atoms with van der Waals surface area (Å²) in [6, 6.07) is 18.3. The van der Waals surface area contributed by atoms with Crippen molar-refractivity contribution in [1.29, 1.82) is 0 Å². The summed E-state index contributed by atoms with van der Waals surface area (Å²) in [5.41, 5.74) is 2.60. The van der Waals surface area contributed by atoms with Crippen LogP contribution in [0, 0.1) is 0 Å². The van der Waals surface area contributed by atoms with E-state index < -0.39 is 0 Å². The van der Waals surface area contributed by atoms with Gasteiger partial charge in [0.2, 0.25) is 11.8 Å². The number of pyridine rings is 1. The van der Waals surface area contributed by atoms with E-state index in [4.69, 9.17) is 9.47 Å². The molecule has 160 valence electrons. The minimum atomic E-state index is -0.352. The van der Waals surface area contributed by atoms with Crippen molar-refractivity contribution < 1.29 is 19.1 Å². The van der Waals surface area contributed by atoms with Crippen molar-refractivity contribution in [2.75, 3.05) is 30.0 Å². The number of benzene rings is 2. The number of hydrogen-bond donors (Lipinski definition) is 1. The van der Waals surface area contributed by atoms with Gasteiger partial charge < -0.3 is 14.8 Å². The lowest BCUT2D eigenvalue weighted by atomic mass is 10.1. The lowest BCUT2D eigenvalue weighted by Gasteiger charge is -2.21. The van der Waals surface area contributed by atoms with Crippen LogP contribution in [0.25, 0.3) is 0 Å². The van der Waals surface area contributed by atoms with Gasteiger partial charge in [0.1, 0.15) is 25.4 Å². The van der Waals surface area contributed by atoms with E-state index >= 15 is 0 Å². The van der Waals surface area contributed by atoms with E-state index in [2.05, 4.69) is 15.3 Å². The second-order valence-electron chi connectivity index (χ2n) is 7.33.